The number of hydrogen-bond acceptors (Lipinski definition) is 2. The van der Waals surface area contributed by atoms with Crippen LogP contribution < -0.4 is 5.32 Å². The van der Waals surface area contributed by atoms with Crippen molar-refractivity contribution in [3.05, 3.63) is 35.4 Å². The van der Waals surface area contributed by atoms with Gasteiger partial charge in [-0.2, -0.15) is 0 Å². The van der Waals surface area contributed by atoms with Gasteiger partial charge in [0.05, 0.1) is 5.60 Å². The largest absolute Gasteiger partial charge is 0.388 e. The molecule has 86 valence electrons. The fraction of sp³-hybridized carbons (Fsp3) is 0.571. The van der Waals surface area contributed by atoms with Crippen molar-refractivity contribution in [2.24, 2.45) is 0 Å². The zero-order valence-electron chi connectivity index (χ0n) is 9.58. The minimum Gasteiger partial charge on any atom is -0.388 e. The summed E-state index contributed by atoms with van der Waals surface area (Å²) >= 11 is 0. The average Bonchev–Trinajstić information content (AvgIpc) is 2.51. The summed E-state index contributed by atoms with van der Waals surface area (Å²) in [5.41, 5.74) is 2.10. The van der Waals surface area contributed by atoms with Crippen LogP contribution in [0.25, 0.3) is 0 Å². The Morgan fingerprint density at radius 3 is 2.31 bits per heavy atom. The number of aliphatic hydroxyl groups is 1. The second-order valence-electron chi connectivity index (χ2n) is 5.36. The molecule has 0 spiro atoms. The van der Waals surface area contributed by atoms with E-state index in [1.807, 2.05) is 0 Å². The highest BCUT2D eigenvalue weighted by atomic mass is 16.3. The van der Waals surface area contributed by atoms with E-state index in [9.17, 15) is 5.11 Å². The van der Waals surface area contributed by atoms with Crippen LogP contribution in [0, 0.1) is 0 Å². The third kappa shape index (κ3) is 1.87. The number of nitrogens with one attached hydrogen (secondary N) is 1. The summed E-state index contributed by atoms with van der Waals surface area (Å²) in [5.74, 6) is 0. The van der Waals surface area contributed by atoms with Gasteiger partial charge in [-0.15, -0.1) is 0 Å². The lowest BCUT2D eigenvalue weighted by Crippen LogP contribution is -2.47. The van der Waals surface area contributed by atoms with Gasteiger partial charge in [0.1, 0.15) is 0 Å². The summed E-state index contributed by atoms with van der Waals surface area (Å²) in [5, 5.41) is 14.0. The maximum Gasteiger partial charge on any atom is 0.0852 e. The standard InChI is InChI=1S/C14H19NO/c16-14(10-15-13-6-3-7-13)8-11-4-1-2-5-12(11)9-14/h1-2,4-5,13,15-16H,3,6-10H2. The lowest BCUT2D eigenvalue weighted by atomic mass is 9.91. The molecule has 1 aromatic carbocycles. The van der Waals surface area contributed by atoms with Crippen LogP contribution >= 0.6 is 0 Å². The quantitative estimate of drug-likeness (QED) is 0.807. The summed E-state index contributed by atoms with van der Waals surface area (Å²) in [7, 11) is 0. The number of benzene rings is 1. The minimum atomic E-state index is -0.542. The lowest BCUT2D eigenvalue weighted by Gasteiger charge is -2.31. The molecule has 0 aromatic heterocycles. The van der Waals surface area contributed by atoms with Crippen LogP contribution in [-0.2, 0) is 12.8 Å². The first-order valence-electron chi connectivity index (χ1n) is 6.28. The molecule has 2 aliphatic rings. The maximum atomic E-state index is 10.5. The van der Waals surface area contributed by atoms with Crippen molar-refractivity contribution in [1.29, 1.82) is 0 Å². The monoisotopic (exact) mass is 217 g/mol. The number of fused-ring (bicyclic) bond motifs is 1. The van der Waals surface area contributed by atoms with Crippen molar-refractivity contribution in [3.8, 4) is 0 Å². The molecular formula is C14H19NO. The van der Waals surface area contributed by atoms with Gasteiger partial charge in [-0.1, -0.05) is 30.7 Å². The maximum absolute atomic E-state index is 10.5. The predicted molar refractivity (Wildman–Crippen MR) is 64.4 cm³/mol. The van der Waals surface area contributed by atoms with Gasteiger partial charge in [0, 0.05) is 25.4 Å². The zero-order valence-corrected chi connectivity index (χ0v) is 9.58. The van der Waals surface area contributed by atoms with Gasteiger partial charge < -0.3 is 10.4 Å². The van der Waals surface area contributed by atoms with Crippen LogP contribution in [0.3, 0.4) is 0 Å². The van der Waals surface area contributed by atoms with Crippen LogP contribution in [0.4, 0.5) is 0 Å². The second kappa shape index (κ2) is 3.86. The van der Waals surface area contributed by atoms with Crippen LogP contribution in [0.2, 0.25) is 0 Å². The van der Waals surface area contributed by atoms with Crippen molar-refractivity contribution < 1.29 is 5.11 Å². The Morgan fingerprint density at radius 1 is 1.19 bits per heavy atom. The SMILES string of the molecule is OC1(CNC2CCC2)Cc2ccccc2C1. The first kappa shape index (κ1) is 10.3. The molecule has 0 atom stereocenters. The first-order valence-corrected chi connectivity index (χ1v) is 6.28. The lowest BCUT2D eigenvalue weighted by molar-refractivity contribution is 0.0451. The van der Waals surface area contributed by atoms with Crippen molar-refractivity contribution in [2.75, 3.05) is 6.54 Å². The Balaban J connectivity index is 1.63. The van der Waals surface area contributed by atoms with Crippen molar-refractivity contribution in [3.63, 3.8) is 0 Å². The molecule has 0 heterocycles. The van der Waals surface area contributed by atoms with Crippen LogP contribution in [0.1, 0.15) is 30.4 Å². The molecule has 1 saturated carbocycles. The highest BCUT2D eigenvalue weighted by Gasteiger charge is 2.35. The van der Waals surface area contributed by atoms with E-state index >= 15 is 0 Å². The number of rotatable bonds is 3. The van der Waals surface area contributed by atoms with Gasteiger partial charge in [-0.25, -0.2) is 0 Å². The molecular weight excluding hydrogens is 198 g/mol. The van der Waals surface area contributed by atoms with E-state index in [1.54, 1.807) is 0 Å². The molecule has 0 saturated heterocycles. The normalized spacial score (nSPS) is 22.8. The summed E-state index contributed by atoms with van der Waals surface area (Å²) in [4.78, 5) is 0. The molecule has 2 N–H and O–H groups in total. The van der Waals surface area contributed by atoms with E-state index in [0.717, 1.165) is 19.4 Å². The first-order chi connectivity index (χ1) is 7.75. The molecule has 0 amide bonds. The van der Waals surface area contributed by atoms with E-state index in [0.29, 0.717) is 6.04 Å². The Morgan fingerprint density at radius 2 is 1.81 bits per heavy atom. The third-order valence-electron chi connectivity index (χ3n) is 3.98. The molecule has 0 aliphatic heterocycles. The Bertz CT molecular complexity index is 359. The molecule has 2 heteroatoms. The Labute approximate surface area is 96.7 Å². The number of hydrogen-bond donors (Lipinski definition) is 2. The summed E-state index contributed by atoms with van der Waals surface area (Å²) in [6.45, 7) is 0.742. The van der Waals surface area contributed by atoms with Crippen LogP contribution in [0.5, 0.6) is 0 Å². The molecule has 3 rings (SSSR count). The van der Waals surface area contributed by atoms with Gasteiger partial charge in [0.25, 0.3) is 0 Å². The van der Waals surface area contributed by atoms with Gasteiger partial charge in [-0.3, -0.25) is 0 Å². The zero-order chi connectivity index (χ0) is 11.0. The molecule has 2 aliphatic carbocycles. The van der Waals surface area contributed by atoms with E-state index in [4.69, 9.17) is 0 Å². The highest BCUT2D eigenvalue weighted by Crippen LogP contribution is 2.30. The van der Waals surface area contributed by atoms with Crippen molar-refractivity contribution >= 4 is 0 Å². The predicted octanol–water partition coefficient (Wildman–Crippen LogP) is 1.66. The highest BCUT2D eigenvalue weighted by molar-refractivity contribution is 5.35. The van der Waals surface area contributed by atoms with E-state index in [1.165, 1.54) is 30.4 Å². The fourth-order valence-electron chi connectivity index (χ4n) is 2.75. The minimum absolute atomic E-state index is 0.542. The van der Waals surface area contributed by atoms with Gasteiger partial charge in [-0.05, 0) is 24.0 Å². The summed E-state index contributed by atoms with van der Waals surface area (Å²) in [6.07, 6.45) is 5.52. The van der Waals surface area contributed by atoms with Crippen molar-refractivity contribution in [1.82, 2.24) is 5.32 Å². The molecule has 0 radical (unpaired) electrons. The Hall–Kier alpha value is -0.860. The van der Waals surface area contributed by atoms with E-state index in [2.05, 4.69) is 29.6 Å². The topological polar surface area (TPSA) is 32.3 Å². The van der Waals surface area contributed by atoms with E-state index < -0.39 is 5.60 Å². The molecule has 1 aromatic rings. The van der Waals surface area contributed by atoms with Crippen LogP contribution in [0.15, 0.2) is 24.3 Å². The molecule has 1 fully saturated rings. The van der Waals surface area contributed by atoms with Crippen LogP contribution in [-0.4, -0.2) is 23.3 Å². The molecule has 16 heavy (non-hydrogen) atoms. The summed E-state index contributed by atoms with van der Waals surface area (Å²) in [6, 6.07) is 9.05. The Kier molecular flexibility index (Phi) is 2.49. The van der Waals surface area contributed by atoms with Crippen molar-refractivity contribution in [2.45, 2.75) is 43.7 Å². The third-order valence-corrected chi connectivity index (χ3v) is 3.98. The van der Waals surface area contributed by atoms with Gasteiger partial charge in [0.15, 0.2) is 0 Å². The summed E-state index contributed by atoms with van der Waals surface area (Å²) < 4.78 is 0. The average molecular weight is 217 g/mol. The van der Waals surface area contributed by atoms with E-state index in [-0.39, 0.29) is 0 Å². The molecule has 0 bridgehead atoms. The molecule has 2 nitrogen and oxygen atoms in total. The van der Waals surface area contributed by atoms with Gasteiger partial charge >= 0.3 is 0 Å². The molecule has 0 unspecified atom stereocenters. The second-order valence-corrected chi connectivity index (χ2v) is 5.36. The van der Waals surface area contributed by atoms with Gasteiger partial charge in [0.2, 0.25) is 0 Å². The fourth-order valence-corrected chi connectivity index (χ4v) is 2.75. The smallest absolute Gasteiger partial charge is 0.0852 e.